The molecule has 6 rings (SSSR count). The fourth-order valence-corrected chi connectivity index (χ4v) is 6.35. The maximum atomic E-state index is 6.81. The lowest BCUT2D eigenvalue weighted by atomic mass is 9.82. The number of benzene rings is 3. The summed E-state index contributed by atoms with van der Waals surface area (Å²) in [4.78, 5) is 7.61. The van der Waals surface area contributed by atoms with Gasteiger partial charge in [-0.3, -0.25) is 0 Å². The van der Waals surface area contributed by atoms with E-state index in [1.165, 1.54) is 22.4 Å². The molecular weight excluding hydrogens is 479 g/mol. The van der Waals surface area contributed by atoms with E-state index >= 15 is 0 Å². The van der Waals surface area contributed by atoms with Gasteiger partial charge in [-0.2, -0.15) is 0 Å². The third kappa shape index (κ3) is 3.82. The monoisotopic (exact) mass is 500 g/mol. The molecule has 5 heteroatoms. The summed E-state index contributed by atoms with van der Waals surface area (Å²) in [6, 6.07) is 26.8. The van der Waals surface area contributed by atoms with Crippen LogP contribution in [0.1, 0.15) is 42.0 Å². The van der Waals surface area contributed by atoms with Crippen molar-refractivity contribution in [2.75, 3.05) is 0 Å². The Morgan fingerprint density at radius 2 is 1.59 bits per heavy atom. The molecule has 34 heavy (non-hydrogen) atoms. The third-order valence-electron chi connectivity index (χ3n) is 6.54. The molecule has 0 aromatic heterocycles. The van der Waals surface area contributed by atoms with E-state index in [1.54, 1.807) is 11.8 Å². The van der Waals surface area contributed by atoms with Crippen LogP contribution in [0.5, 0.6) is 0 Å². The average Bonchev–Trinajstić information content (AvgIpc) is 3.29. The van der Waals surface area contributed by atoms with Crippen molar-refractivity contribution < 1.29 is 0 Å². The van der Waals surface area contributed by atoms with Crippen molar-refractivity contribution in [3.63, 3.8) is 0 Å². The van der Waals surface area contributed by atoms with Crippen LogP contribution < -0.4 is 0 Å². The topological polar surface area (TPSA) is 15.6 Å². The first-order valence-corrected chi connectivity index (χ1v) is 13.1. The van der Waals surface area contributed by atoms with Gasteiger partial charge in [0.25, 0.3) is 0 Å². The zero-order chi connectivity index (χ0) is 23.1. The molecule has 3 aromatic rings. The number of hydrogen-bond acceptors (Lipinski definition) is 3. The molecule has 2 heterocycles. The van der Waals surface area contributed by atoms with E-state index < -0.39 is 0 Å². The molecular formula is C29H22Cl2N2S. The van der Waals surface area contributed by atoms with E-state index in [0.717, 1.165) is 51.3 Å². The Kier molecular flexibility index (Phi) is 5.86. The van der Waals surface area contributed by atoms with Gasteiger partial charge < -0.3 is 4.90 Å². The van der Waals surface area contributed by atoms with Crippen molar-refractivity contribution >= 4 is 51.9 Å². The Morgan fingerprint density at radius 3 is 2.38 bits per heavy atom. The van der Waals surface area contributed by atoms with Crippen LogP contribution in [0, 0.1) is 0 Å². The maximum Gasteiger partial charge on any atom is 0.174 e. The summed E-state index contributed by atoms with van der Waals surface area (Å²) in [7, 11) is 0. The number of fused-ring (bicyclic) bond motifs is 1. The fraction of sp³-hybridized carbons (Fsp3) is 0.138. The zero-order valence-electron chi connectivity index (χ0n) is 18.4. The van der Waals surface area contributed by atoms with E-state index in [1.807, 2.05) is 30.3 Å². The SMILES string of the molecule is Clc1ccccc1/C=C1\CCCC2=C1N=C1SC=C(c3ccccc3)N1[C@@H]2c1ccccc1Cl. The van der Waals surface area contributed by atoms with Crippen LogP contribution >= 0.6 is 35.0 Å². The van der Waals surface area contributed by atoms with Gasteiger partial charge in [0.15, 0.2) is 5.17 Å². The van der Waals surface area contributed by atoms with Crippen molar-refractivity contribution in [3.8, 4) is 0 Å². The summed E-state index contributed by atoms with van der Waals surface area (Å²) in [5, 5.41) is 4.76. The highest BCUT2D eigenvalue weighted by Gasteiger charge is 2.40. The molecule has 0 N–H and O–H groups in total. The standard InChI is InChI=1S/C29H22Cl2N2S/c30-24-15-6-4-11-20(24)17-21-12-8-14-23-27(21)32-29-33(28(23)22-13-5-7-16-25(22)31)26(18-34-29)19-9-2-1-3-10-19/h1-7,9-11,13,15-18,28H,8,12,14H2/b21-17+/t28-/m1/s1. The summed E-state index contributed by atoms with van der Waals surface area (Å²) in [6.07, 6.45) is 5.27. The van der Waals surface area contributed by atoms with Gasteiger partial charge in [0.05, 0.1) is 17.4 Å². The predicted molar refractivity (Wildman–Crippen MR) is 146 cm³/mol. The molecule has 0 unspecified atom stereocenters. The van der Waals surface area contributed by atoms with E-state index in [0.29, 0.717) is 0 Å². The molecule has 3 aromatic carbocycles. The number of rotatable bonds is 3. The lowest BCUT2D eigenvalue weighted by Crippen LogP contribution is -2.35. The lowest BCUT2D eigenvalue weighted by Gasteiger charge is -2.40. The van der Waals surface area contributed by atoms with Gasteiger partial charge in [-0.15, -0.1) is 0 Å². The van der Waals surface area contributed by atoms with Gasteiger partial charge in [0.1, 0.15) is 0 Å². The van der Waals surface area contributed by atoms with Crippen LogP contribution in [-0.2, 0) is 0 Å². The van der Waals surface area contributed by atoms with Crippen LogP contribution in [0.15, 0.2) is 106 Å². The van der Waals surface area contributed by atoms with Crippen molar-refractivity contribution in [3.05, 3.63) is 128 Å². The second-order valence-corrected chi connectivity index (χ2v) is 10.2. The van der Waals surface area contributed by atoms with Crippen LogP contribution in [0.3, 0.4) is 0 Å². The second-order valence-electron chi connectivity index (χ2n) is 8.59. The van der Waals surface area contributed by atoms with Gasteiger partial charge in [0, 0.05) is 15.5 Å². The fourth-order valence-electron chi connectivity index (χ4n) is 4.99. The molecule has 0 spiro atoms. The molecule has 3 aliphatic rings. The largest absolute Gasteiger partial charge is 0.308 e. The highest BCUT2D eigenvalue weighted by Crippen LogP contribution is 2.52. The Morgan fingerprint density at radius 1 is 0.853 bits per heavy atom. The number of aliphatic imine (C=N–C) groups is 1. The first-order chi connectivity index (χ1) is 16.7. The molecule has 1 aliphatic carbocycles. The number of halogens is 2. The summed E-state index contributed by atoms with van der Waals surface area (Å²) in [5.74, 6) is 0. The normalized spacial score (nSPS) is 20.7. The van der Waals surface area contributed by atoms with E-state index in [4.69, 9.17) is 28.2 Å². The minimum absolute atomic E-state index is 0.00704. The third-order valence-corrected chi connectivity index (χ3v) is 8.07. The first-order valence-electron chi connectivity index (χ1n) is 11.4. The quantitative estimate of drug-likeness (QED) is 0.356. The van der Waals surface area contributed by atoms with Gasteiger partial charge in [-0.25, -0.2) is 4.99 Å². The minimum Gasteiger partial charge on any atom is -0.308 e. The molecule has 168 valence electrons. The molecule has 2 nitrogen and oxygen atoms in total. The van der Waals surface area contributed by atoms with Crippen LogP contribution in [0.25, 0.3) is 11.8 Å². The van der Waals surface area contributed by atoms with E-state index in [-0.39, 0.29) is 6.04 Å². The minimum atomic E-state index is 0.00704. The summed E-state index contributed by atoms with van der Waals surface area (Å²) >= 11 is 15.0. The Bertz CT molecular complexity index is 1390. The van der Waals surface area contributed by atoms with Crippen molar-refractivity contribution in [1.29, 1.82) is 0 Å². The summed E-state index contributed by atoms with van der Waals surface area (Å²) in [6.45, 7) is 0. The molecule has 0 radical (unpaired) electrons. The van der Waals surface area contributed by atoms with Crippen LogP contribution in [0.4, 0.5) is 0 Å². The molecule has 1 atom stereocenters. The van der Waals surface area contributed by atoms with E-state index in [2.05, 4.69) is 64.9 Å². The van der Waals surface area contributed by atoms with Gasteiger partial charge in [0.2, 0.25) is 0 Å². The Labute approximate surface area is 214 Å². The molecule has 0 amide bonds. The number of amidine groups is 1. The molecule has 2 aliphatic heterocycles. The lowest BCUT2D eigenvalue weighted by molar-refractivity contribution is 0.458. The summed E-state index contributed by atoms with van der Waals surface area (Å²) < 4.78 is 0. The van der Waals surface area contributed by atoms with Gasteiger partial charge >= 0.3 is 0 Å². The predicted octanol–water partition coefficient (Wildman–Crippen LogP) is 8.97. The van der Waals surface area contributed by atoms with Crippen molar-refractivity contribution in [1.82, 2.24) is 4.90 Å². The highest BCUT2D eigenvalue weighted by molar-refractivity contribution is 8.16. The first kappa shape index (κ1) is 21.8. The van der Waals surface area contributed by atoms with Gasteiger partial charge in [-0.1, -0.05) is 102 Å². The molecule has 0 bridgehead atoms. The number of hydrogen-bond donors (Lipinski definition) is 0. The van der Waals surface area contributed by atoms with Crippen LogP contribution in [0.2, 0.25) is 10.0 Å². The van der Waals surface area contributed by atoms with Gasteiger partial charge in [-0.05, 0) is 65.3 Å². The van der Waals surface area contributed by atoms with Crippen molar-refractivity contribution in [2.45, 2.75) is 25.3 Å². The molecule has 0 saturated carbocycles. The molecule has 0 saturated heterocycles. The van der Waals surface area contributed by atoms with Crippen molar-refractivity contribution in [2.24, 2.45) is 4.99 Å². The second kappa shape index (κ2) is 9.14. The number of allylic oxidation sites excluding steroid dienone is 1. The highest BCUT2D eigenvalue weighted by atomic mass is 35.5. The smallest absolute Gasteiger partial charge is 0.174 e. The average molecular weight is 501 g/mol. The zero-order valence-corrected chi connectivity index (χ0v) is 20.7. The summed E-state index contributed by atoms with van der Waals surface area (Å²) in [5.41, 5.74) is 8.17. The maximum absolute atomic E-state index is 6.81. The Balaban J connectivity index is 1.53. The number of nitrogens with zero attached hydrogens (tertiary/aromatic N) is 2. The Hall–Kier alpha value is -2.72. The number of thioether (sulfide) groups is 1. The van der Waals surface area contributed by atoms with E-state index in [9.17, 15) is 0 Å². The molecule has 0 fully saturated rings. The van der Waals surface area contributed by atoms with Crippen LogP contribution in [-0.4, -0.2) is 10.1 Å².